The molecule has 0 saturated heterocycles. The molecule has 0 aliphatic rings. The Balaban J connectivity index is 2.02. The molecule has 0 atom stereocenters. The second-order valence-electron chi connectivity index (χ2n) is 4.79. The lowest BCUT2D eigenvalue weighted by Crippen LogP contribution is -2.09. The van der Waals surface area contributed by atoms with Gasteiger partial charge in [0.25, 0.3) is 0 Å². The third-order valence-electron chi connectivity index (χ3n) is 3.37. The fraction of sp³-hybridized carbons (Fsp3) is 0.133. The lowest BCUT2D eigenvalue weighted by Gasteiger charge is -2.08. The predicted octanol–water partition coefficient (Wildman–Crippen LogP) is 1.40. The minimum absolute atomic E-state index is 0.00714. The van der Waals surface area contributed by atoms with E-state index in [1.54, 1.807) is 24.3 Å². The van der Waals surface area contributed by atoms with E-state index in [2.05, 4.69) is 5.43 Å². The summed E-state index contributed by atoms with van der Waals surface area (Å²) in [6, 6.07) is 6.75. The molecule has 0 spiro atoms. The maximum Gasteiger partial charge on any atom is 0.348 e. The van der Waals surface area contributed by atoms with Crippen LogP contribution in [0.25, 0.3) is 10.4 Å². The van der Waals surface area contributed by atoms with E-state index >= 15 is 0 Å². The Morgan fingerprint density at radius 1 is 1.12 bits per heavy atom. The fourth-order valence-electron chi connectivity index (χ4n) is 2.12. The molecular weight excluding hydrogens is 336 g/mol. The third-order valence-corrected chi connectivity index (χ3v) is 4.54. The molecule has 0 fully saturated rings. The van der Waals surface area contributed by atoms with Crippen LogP contribution >= 0.6 is 11.3 Å². The molecule has 8 nitrogen and oxygen atoms in total. The Labute approximate surface area is 139 Å². The molecule has 2 heterocycles. The summed E-state index contributed by atoms with van der Waals surface area (Å²) in [4.78, 5) is 34.2. The summed E-state index contributed by atoms with van der Waals surface area (Å²) in [5, 5.41) is 9.31. The van der Waals surface area contributed by atoms with Crippen LogP contribution in [-0.4, -0.2) is 30.0 Å². The first kappa shape index (κ1) is 15.8. The van der Waals surface area contributed by atoms with Crippen LogP contribution in [0.3, 0.4) is 0 Å². The molecule has 0 aliphatic heterocycles. The molecular formula is C15H12N2O6S. The van der Waals surface area contributed by atoms with Gasteiger partial charge in [-0.2, -0.15) is 4.68 Å². The zero-order valence-corrected chi connectivity index (χ0v) is 13.5. The minimum atomic E-state index is -1.16. The summed E-state index contributed by atoms with van der Waals surface area (Å²) in [6.45, 7) is 0. The monoisotopic (exact) mass is 348 g/mol. The summed E-state index contributed by atoms with van der Waals surface area (Å²) in [6.07, 6.45) is 0. The molecule has 0 unspecified atom stereocenters. The number of anilines is 1. The quantitative estimate of drug-likeness (QED) is 0.649. The Morgan fingerprint density at radius 2 is 1.79 bits per heavy atom. The number of carboxylic acids is 1. The number of thiophene rings is 1. The van der Waals surface area contributed by atoms with Gasteiger partial charge in [0.1, 0.15) is 4.88 Å². The summed E-state index contributed by atoms with van der Waals surface area (Å²) in [5.41, 5.74) is 2.00. The van der Waals surface area contributed by atoms with E-state index in [0.29, 0.717) is 16.4 Å². The number of nitrogens with zero attached hydrogens (tertiary/aromatic N) is 1. The maximum absolute atomic E-state index is 11.4. The number of carbonyl (C=O) groups is 1. The highest BCUT2D eigenvalue weighted by atomic mass is 32.1. The number of nitrogens with one attached hydrogen (secondary N) is 1. The van der Waals surface area contributed by atoms with Gasteiger partial charge in [-0.15, -0.1) is 11.3 Å². The normalized spacial score (nSPS) is 10.8. The van der Waals surface area contributed by atoms with Gasteiger partial charge in [0, 0.05) is 4.88 Å². The zero-order chi connectivity index (χ0) is 17.4. The molecule has 0 bridgehead atoms. The van der Waals surface area contributed by atoms with Gasteiger partial charge in [-0.1, -0.05) is 0 Å². The van der Waals surface area contributed by atoms with Crippen LogP contribution in [0.4, 0.5) is 5.69 Å². The highest BCUT2D eigenvalue weighted by Gasteiger charge is 2.22. The highest BCUT2D eigenvalue weighted by molar-refractivity contribution is 7.18. The van der Waals surface area contributed by atoms with Crippen molar-refractivity contribution in [3.05, 3.63) is 49.9 Å². The summed E-state index contributed by atoms with van der Waals surface area (Å²) >= 11 is 1.02. The van der Waals surface area contributed by atoms with Gasteiger partial charge in [0.15, 0.2) is 11.5 Å². The lowest BCUT2D eigenvalue weighted by atomic mass is 10.1. The number of ether oxygens (including phenoxy) is 2. The van der Waals surface area contributed by atoms with E-state index < -0.39 is 17.1 Å². The van der Waals surface area contributed by atoms with Crippen molar-refractivity contribution in [3.63, 3.8) is 0 Å². The molecule has 3 rings (SSSR count). The molecule has 0 radical (unpaired) electrons. The number of rotatable bonds is 6. The van der Waals surface area contributed by atoms with Crippen LogP contribution < -0.4 is 26.0 Å². The topological polar surface area (TPSA) is 107 Å². The van der Waals surface area contributed by atoms with Gasteiger partial charge in [0.05, 0.1) is 19.9 Å². The van der Waals surface area contributed by atoms with E-state index in [9.17, 15) is 19.5 Å². The van der Waals surface area contributed by atoms with Crippen LogP contribution in [0.5, 0.6) is 11.5 Å². The van der Waals surface area contributed by atoms with Crippen LogP contribution in [0.1, 0.15) is 9.67 Å². The molecule has 0 amide bonds. The SMILES string of the molecule is COc1ccc(-c2cc(Nn3c(=O)c3=O)c(C(=O)O)s2)cc1OC. The predicted molar refractivity (Wildman–Crippen MR) is 88.2 cm³/mol. The average Bonchev–Trinajstić information content (AvgIpc) is 2.99. The third kappa shape index (κ3) is 2.65. The number of hydrogen-bond donors (Lipinski definition) is 2. The van der Waals surface area contributed by atoms with Crippen molar-refractivity contribution < 1.29 is 19.4 Å². The summed E-state index contributed by atoms with van der Waals surface area (Å²) in [5.74, 6) is -0.100. The molecule has 2 aromatic heterocycles. The van der Waals surface area contributed by atoms with Gasteiger partial charge in [-0.3, -0.25) is 15.0 Å². The van der Waals surface area contributed by atoms with Crippen molar-refractivity contribution in [2.75, 3.05) is 19.6 Å². The summed E-state index contributed by atoms with van der Waals surface area (Å²) in [7, 11) is 3.02. The molecule has 0 saturated carbocycles. The molecule has 1 aromatic carbocycles. The Hall–Kier alpha value is -3.07. The van der Waals surface area contributed by atoms with Crippen molar-refractivity contribution in [2.24, 2.45) is 0 Å². The van der Waals surface area contributed by atoms with Gasteiger partial charge in [-0.25, -0.2) is 4.79 Å². The Kier molecular flexibility index (Phi) is 3.86. The molecule has 0 aliphatic carbocycles. The molecule has 3 aromatic rings. The van der Waals surface area contributed by atoms with E-state index in [-0.39, 0.29) is 10.6 Å². The van der Waals surface area contributed by atoms with E-state index in [0.717, 1.165) is 21.6 Å². The standard InChI is InChI=1S/C15H12N2O6S/c1-22-9-4-3-7(5-10(9)23-2)11-6-8(12(24-11)15(20)21)16-17-13(18)14(17)19/h3-6,16H,1-2H3,(H,20,21). The lowest BCUT2D eigenvalue weighted by molar-refractivity contribution is 0.0703. The number of methoxy groups -OCH3 is 2. The van der Waals surface area contributed by atoms with E-state index in [4.69, 9.17) is 9.47 Å². The van der Waals surface area contributed by atoms with Crippen molar-refractivity contribution in [1.82, 2.24) is 4.68 Å². The van der Waals surface area contributed by atoms with Gasteiger partial charge in [0.2, 0.25) is 0 Å². The Morgan fingerprint density at radius 3 is 2.33 bits per heavy atom. The molecule has 24 heavy (non-hydrogen) atoms. The number of carboxylic acid groups (broad SMARTS) is 1. The van der Waals surface area contributed by atoms with Gasteiger partial charge >= 0.3 is 17.1 Å². The van der Waals surface area contributed by atoms with Gasteiger partial charge < -0.3 is 14.6 Å². The fourth-order valence-corrected chi connectivity index (χ4v) is 3.06. The van der Waals surface area contributed by atoms with Crippen LogP contribution in [0, 0.1) is 0 Å². The molecule has 9 heteroatoms. The second kappa shape index (κ2) is 5.85. The Bertz CT molecular complexity index is 970. The van der Waals surface area contributed by atoms with Crippen LogP contribution in [-0.2, 0) is 0 Å². The maximum atomic E-state index is 11.4. The highest BCUT2D eigenvalue weighted by Crippen LogP contribution is 2.38. The first-order valence-electron chi connectivity index (χ1n) is 6.71. The van der Waals surface area contributed by atoms with Gasteiger partial charge in [-0.05, 0) is 29.8 Å². The second-order valence-corrected chi connectivity index (χ2v) is 5.84. The summed E-state index contributed by atoms with van der Waals surface area (Å²) < 4.78 is 11.2. The van der Waals surface area contributed by atoms with Crippen molar-refractivity contribution >= 4 is 23.0 Å². The van der Waals surface area contributed by atoms with Crippen molar-refractivity contribution in [2.45, 2.75) is 0 Å². The average molecular weight is 348 g/mol. The van der Waals surface area contributed by atoms with E-state index in [1.165, 1.54) is 14.2 Å². The molecule has 124 valence electrons. The smallest absolute Gasteiger partial charge is 0.348 e. The first-order valence-corrected chi connectivity index (χ1v) is 7.52. The zero-order valence-electron chi connectivity index (χ0n) is 12.7. The van der Waals surface area contributed by atoms with Crippen LogP contribution in [0.2, 0.25) is 0 Å². The number of hydrogen-bond acceptors (Lipinski definition) is 7. The van der Waals surface area contributed by atoms with Crippen molar-refractivity contribution in [1.29, 1.82) is 0 Å². The molecule has 2 N–H and O–H groups in total. The van der Waals surface area contributed by atoms with Crippen LogP contribution in [0.15, 0.2) is 33.9 Å². The first-order chi connectivity index (χ1) is 11.5. The largest absolute Gasteiger partial charge is 0.493 e. The number of aromatic nitrogens is 1. The number of benzene rings is 1. The van der Waals surface area contributed by atoms with E-state index in [1.807, 2.05) is 0 Å². The minimum Gasteiger partial charge on any atom is -0.493 e. The number of aromatic carboxylic acids is 1. The van der Waals surface area contributed by atoms with Crippen molar-refractivity contribution in [3.8, 4) is 21.9 Å².